The molecule has 4 atom stereocenters. The highest BCUT2D eigenvalue weighted by Gasteiger charge is 2.38. The molecular weight excluding hydrogens is 420 g/mol. The van der Waals surface area contributed by atoms with Crippen molar-refractivity contribution in [3.05, 3.63) is 94.6 Å². The Morgan fingerprint density at radius 2 is 1.81 bits per heavy atom. The monoisotopic (exact) mass is 446 g/mol. The molecule has 6 heteroatoms. The number of methoxy groups -OCH3 is 2. The van der Waals surface area contributed by atoms with Gasteiger partial charge in [-0.15, -0.1) is 0 Å². The van der Waals surface area contributed by atoms with Crippen LogP contribution in [0.3, 0.4) is 0 Å². The van der Waals surface area contributed by atoms with Crippen LogP contribution in [0, 0.1) is 11.8 Å². The predicted octanol–water partition coefficient (Wildman–Crippen LogP) is 4.92. The van der Waals surface area contributed by atoms with Crippen molar-refractivity contribution in [2.45, 2.75) is 12.8 Å². The molecule has 2 aliphatic carbocycles. The van der Waals surface area contributed by atoms with Crippen molar-refractivity contribution in [1.82, 2.24) is 4.98 Å². The quantitative estimate of drug-likeness (QED) is 0.654. The molecule has 0 bridgehead atoms. The van der Waals surface area contributed by atoms with E-state index >= 15 is 0 Å². The normalized spacial score (nSPS) is 24.3. The van der Waals surface area contributed by atoms with Crippen molar-refractivity contribution in [1.29, 1.82) is 0 Å². The number of fused-ring (bicyclic) bond motifs is 2. The molecule has 0 saturated carbocycles. The van der Waals surface area contributed by atoms with Gasteiger partial charge in [0, 0.05) is 41.0 Å². The molecule has 3 aliphatic rings. The first-order valence-corrected chi connectivity index (χ1v) is 11.8. The van der Waals surface area contributed by atoms with Crippen molar-refractivity contribution < 1.29 is 13.7 Å². The smallest absolute Gasteiger partial charge is 0.161 e. The van der Waals surface area contributed by atoms with Crippen molar-refractivity contribution in [3.63, 3.8) is 0 Å². The number of ether oxygens (including phenoxy) is 2. The Kier molecular flexibility index (Phi) is 5.47. The zero-order chi connectivity index (χ0) is 22.2. The molecular formula is C26H26N2O3S. The minimum absolute atomic E-state index is 0.0431. The molecule has 1 aromatic carbocycles. The number of benzene rings is 1. The number of nitrogens with zero attached hydrogens (tertiary/aromatic N) is 2. The van der Waals surface area contributed by atoms with Crippen LogP contribution in [0.5, 0.6) is 11.5 Å². The lowest BCUT2D eigenvalue weighted by atomic mass is 9.80. The molecule has 0 N–H and O–H groups in total. The third-order valence-corrected chi connectivity index (χ3v) is 8.02. The van der Waals surface area contributed by atoms with Gasteiger partial charge in [0.2, 0.25) is 0 Å². The van der Waals surface area contributed by atoms with E-state index in [1.807, 2.05) is 40.7 Å². The van der Waals surface area contributed by atoms with Crippen LogP contribution in [-0.2, 0) is 11.0 Å². The second kappa shape index (κ2) is 8.43. The molecule has 1 aromatic heterocycles. The zero-order valence-electron chi connectivity index (χ0n) is 18.4. The summed E-state index contributed by atoms with van der Waals surface area (Å²) < 4.78 is 26.8. The van der Waals surface area contributed by atoms with E-state index in [2.05, 4.69) is 42.3 Å². The first kappa shape index (κ1) is 20.8. The first-order valence-electron chi connectivity index (χ1n) is 10.7. The van der Waals surface area contributed by atoms with E-state index in [4.69, 9.17) is 9.47 Å². The fourth-order valence-corrected chi connectivity index (χ4v) is 6.28. The van der Waals surface area contributed by atoms with Gasteiger partial charge in [0.05, 0.1) is 14.2 Å². The summed E-state index contributed by atoms with van der Waals surface area (Å²) >= 11 is 0. The number of hydrogen-bond acceptors (Lipinski definition) is 4. The fraction of sp³-hybridized carbons (Fsp3) is 0.269. The van der Waals surface area contributed by atoms with Crippen molar-refractivity contribution in [2.75, 3.05) is 25.1 Å². The number of allylic oxidation sites excluding steroid dienone is 8. The summed E-state index contributed by atoms with van der Waals surface area (Å²) in [5, 5.41) is 0. The minimum Gasteiger partial charge on any atom is -0.493 e. The number of pyridine rings is 1. The van der Waals surface area contributed by atoms with Gasteiger partial charge in [0.15, 0.2) is 22.5 Å². The van der Waals surface area contributed by atoms with E-state index in [9.17, 15) is 4.21 Å². The lowest BCUT2D eigenvalue weighted by Gasteiger charge is -2.32. The Morgan fingerprint density at radius 3 is 2.59 bits per heavy atom. The number of rotatable bonds is 5. The van der Waals surface area contributed by atoms with Gasteiger partial charge in [0.25, 0.3) is 0 Å². The van der Waals surface area contributed by atoms with E-state index in [0.29, 0.717) is 18.0 Å². The molecule has 0 spiro atoms. The maximum atomic E-state index is 13.9. The van der Waals surface area contributed by atoms with Crippen LogP contribution in [-0.4, -0.2) is 30.0 Å². The van der Waals surface area contributed by atoms with E-state index in [1.165, 1.54) is 5.57 Å². The zero-order valence-corrected chi connectivity index (χ0v) is 19.2. The van der Waals surface area contributed by atoms with Gasteiger partial charge < -0.3 is 9.47 Å². The maximum absolute atomic E-state index is 13.9. The van der Waals surface area contributed by atoms with Gasteiger partial charge in [-0.2, -0.15) is 0 Å². The van der Waals surface area contributed by atoms with E-state index in [-0.39, 0.29) is 17.8 Å². The molecule has 0 amide bonds. The number of anilines is 1. The highest BCUT2D eigenvalue weighted by atomic mass is 32.2. The van der Waals surface area contributed by atoms with Crippen LogP contribution in [0.2, 0.25) is 0 Å². The minimum atomic E-state index is -1.34. The van der Waals surface area contributed by atoms with Gasteiger partial charge in [-0.25, -0.2) is 9.19 Å². The van der Waals surface area contributed by atoms with Crippen LogP contribution >= 0.6 is 0 Å². The van der Waals surface area contributed by atoms with Gasteiger partial charge in [0.1, 0.15) is 5.82 Å². The standard InChI is InChI=1S/C26H26N2O3S/c1-17-10-13-25(20-8-5-4-7-19(17)20)32(29)28-16-22(21-9-6-14-27-26(21)28)18-11-12-23(30-2)24(15-18)31-3/h4-15,19-20,22H,16H2,1-3H3. The molecule has 0 fully saturated rings. The fourth-order valence-electron chi connectivity index (χ4n) is 4.79. The lowest BCUT2D eigenvalue weighted by molar-refractivity contribution is 0.354. The highest BCUT2D eigenvalue weighted by molar-refractivity contribution is 7.90. The van der Waals surface area contributed by atoms with E-state index in [0.717, 1.165) is 21.8 Å². The van der Waals surface area contributed by atoms with Gasteiger partial charge in [-0.3, -0.25) is 4.31 Å². The molecule has 32 heavy (non-hydrogen) atoms. The van der Waals surface area contributed by atoms with Gasteiger partial charge >= 0.3 is 0 Å². The summed E-state index contributed by atoms with van der Waals surface area (Å²) in [6, 6.07) is 9.99. The molecule has 2 heterocycles. The Hall–Kier alpha value is -3.12. The SMILES string of the molecule is COc1ccc(C2CN(S(=O)C3=CC=C(C)C4C=CC=CC34)c3ncccc32)cc1OC. The number of aromatic nitrogens is 1. The van der Waals surface area contributed by atoms with Crippen molar-refractivity contribution >= 4 is 16.8 Å². The summed E-state index contributed by atoms with van der Waals surface area (Å²) in [6.07, 6.45) is 14.4. The van der Waals surface area contributed by atoms with Crippen molar-refractivity contribution in [2.24, 2.45) is 11.8 Å². The topological polar surface area (TPSA) is 51.7 Å². The molecule has 5 rings (SSSR count). The summed E-state index contributed by atoms with van der Waals surface area (Å²) in [5.41, 5.74) is 3.45. The van der Waals surface area contributed by atoms with Gasteiger partial charge in [-0.05, 0) is 36.8 Å². The van der Waals surface area contributed by atoms with Crippen LogP contribution in [0.4, 0.5) is 5.82 Å². The second-order valence-electron chi connectivity index (χ2n) is 8.19. The first-order chi connectivity index (χ1) is 15.6. The largest absolute Gasteiger partial charge is 0.493 e. The molecule has 4 unspecified atom stereocenters. The molecule has 2 aromatic rings. The molecule has 5 nitrogen and oxygen atoms in total. The molecule has 1 aliphatic heterocycles. The Bertz CT molecular complexity index is 1200. The van der Waals surface area contributed by atoms with Crippen LogP contribution in [0.1, 0.15) is 24.0 Å². The Morgan fingerprint density at radius 1 is 1.03 bits per heavy atom. The molecule has 0 saturated heterocycles. The summed E-state index contributed by atoms with van der Waals surface area (Å²) in [4.78, 5) is 5.55. The Labute approximate surface area is 191 Å². The van der Waals surface area contributed by atoms with Crippen LogP contribution in [0.25, 0.3) is 0 Å². The van der Waals surface area contributed by atoms with Gasteiger partial charge in [-0.1, -0.05) is 48.1 Å². The second-order valence-corrected chi connectivity index (χ2v) is 9.61. The summed E-state index contributed by atoms with van der Waals surface area (Å²) in [5.74, 6) is 2.58. The van der Waals surface area contributed by atoms with Crippen molar-refractivity contribution in [3.8, 4) is 11.5 Å². The third-order valence-electron chi connectivity index (χ3n) is 6.49. The maximum Gasteiger partial charge on any atom is 0.161 e. The lowest BCUT2D eigenvalue weighted by Crippen LogP contribution is -2.31. The average molecular weight is 447 g/mol. The van der Waals surface area contributed by atoms with E-state index < -0.39 is 11.0 Å². The molecule has 164 valence electrons. The van der Waals surface area contributed by atoms with Crippen LogP contribution in [0.15, 0.2) is 83.5 Å². The number of hydrogen-bond donors (Lipinski definition) is 0. The van der Waals surface area contributed by atoms with E-state index in [1.54, 1.807) is 20.4 Å². The summed E-state index contributed by atoms with van der Waals surface area (Å²) in [6.45, 7) is 2.72. The highest BCUT2D eigenvalue weighted by Crippen LogP contribution is 2.44. The average Bonchev–Trinajstić information content (AvgIpc) is 3.23. The van der Waals surface area contributed by atoms with Crippen LogP contribution < -0.4 is 13.8 Å². The molecule has 0 radical (unpaired) electrons. The Balaban J connectivity index is 1.51. The predicted molar refractivity (Wildman–Crippen MR) is 128 cm³/mol. The summed E-state index contributed by atoms with van der Waals surface area (Å²) in [7, 11) is 1.93. The third kappa shape index (κ3) is 3.39.